The second kappa shape index (κ2) is 9.96. The molecule has 0 aliphatic carbocycles. The summed E-state index contributed by atoms with van der Waals surface area (Å²) in [5.41, 5.74) is 1.47. The number of sulfonamides is 1. The van der Waals surface area contributed by atoms with Gasteiger partial charge in [0.15, 0.2) is 6.10 Å². The summed E-state index contributed by atoms with van der Waals surface area (Å²) >= 11 is 0. The molecule has 0 aromatic heterocycles. The molecule has 8 heteroatoms. The molecule has 1 aliphatic rings. The van der Waals surface area contributed by atoms with E-state index in [0.29, 0.717) is 23.7 Å². The molecule has 1 atom stereocenters. The fourth-order valence-electron chi connectivity index (χ4n) is 3.29. The van der Waals surface area contributed by atoms with E-state index in [0.717, 1.165) is 31.4 Å². The molecule has 2 aromatic rings. The quantitative estimate of drug-likeness (QED) is 0.729. The highest BCUT2D eigenvalue weighted by atomic mass is 32.2. The maximum atomic E-state index is 12.8. The van der Waals surface area contributed by atoms with Crippen LogP contribution in [0.15, 0.2) is 57.8 Å². The largest absolute Gasteiger partial charge is 0.481 e. The highest BCUT2D eigenvalue weighted by molar-refractivity contribution is 7.90. The molecule has 1 unspecified atom stereocenters. The first-order chi connectivity index (χ1) is 14.7. The zero-order chi connectivity index (χ0) is 22.4. The Morgan fingerprint density at radius 1 is 1.13 bits per heavy atom. The van der Waals surface area contributed by atoms with E-state index in [1.165, 1.54) is 12.1 Å². The molecule has 3 rings (SSSR count). The first-order valence-electron chi connectivity index (χ1n) is 10.4. The second-order valence-corrected chi connectivity index (χ2v) is 9.41. The third-order valence-corrected chi connectivity index (χ3v) is 6.46. The van der Waals surface area contributed by atoms with Crippen molar-refractivity contribution in [2.45, 2.75) is 50.5 Å². The molecule has 1 heterocycles. The van der Waals surface area contributed by atoms with Crippen molar-refractivity contribution in [3.63, 3.8) is 0 Å². The molecule has 0 radical (unpaired) electrons. The van der Waals surface area contributed by atoms with Crippen LogP contribution in [0.5, 0.6) is 5.75 Å². The van der Waals surface area contributed by atoms with Crippen molar-refractivity contribution in [2.24, 2.45) is 4.40 Å². The second-order valence-electron chi connectivity index (χ2n) is 7.81. The van der Waals surface area contributed by atoms with E-state index in [9.17, 15) is 13.2 Å². The van der Waals surface area contributed by atoms with Crippen molar-refractivity contribution < 1.29 is 17.9 Å². The van der Waals surface area contributed by atoms with Crippen LogP contribution < -0.4 is 10.1 Å². The van der Waals surface area contributed by atoms with Gasteiger partial charge in [-0.1, -0.05) is 30.2 Å². The van der Waals surface area contributed by atoms with Crippen LogP contribution >= 0.6 is 0 Å². The number of ether oxygens (including phenoxy) is 1. The monoisotopic (exact) mass is 443 g/mol. The van der Waals surface area contributed by atoms with E-state index < -0.39 is 16.1 Å². The molecule has 1 aliphatic heterocycles. The van der Waals surface area contributed by atoms with Gasteiger partial charge in [-0.05, 0) is 57.0 Å². The maximum Gasteiger partial charge on any atom is 0.284 e. The van der Waals surface area contributed by atoms with E-state index >= 15 is 0 Å². The first kappa shape index (κ1) is 22.8. The molecule has 0 saturated carbocycles. The number of nitrogens with zero attached hydrogens (tertiary/aromatic N) is 2. The summed E-state index contributed by atoms with van der Waals surface area (Å²) in [6.45, 7) is 4.41. The SMILES string of the molecule is Cc1ccc(OC(C)C(=O)Nc2cccc(S(=O)(=O)N=C3CCCCCN3C)c2)cc1. The molecule has 166 valence electrons. The predicted octanol–water partition coefficient (Wildman–Crippen LogP) is 3.99. The Hall–Kier alpha value is -2.87. The van der Waals surface area contributed by atoms with Gasteiger partial charge < -0.3 is 15.0 Å². The number of anilines is 1. The van der Waals surface area contributed by atoms with Gasteiger partial charge in [0.1, 0.15) is 11.6 Å². The minimum Gasteiger partial charge on any atom is -0.481 e. The summed E-state index contributed by atoms with van der Waals surface area (Å²) in [5.74, 6) is 0.796. The molecule has 1 fully saturated rings. The van der Waals surface area contributed by atoms with Crippen molar-refractivity contribution in [3.8, 4) is 5.75 Å². The van der Waals surface area contributed by atoms with Gasteiger partial charge in [-0.25, -0.2) is 0 Å². The van der Waals surface area contributed by atoms with E-state index in [4.69, 9.17) is 4.74 Å². The molecule has 2 aromatic carbocycles. The fraction of sp³-hybridized carbons (Fsp3) is 0.391. The van der Waals surface area contributed by atoms with Crippen molar-refractivity contribution in [2.75, 3.05) is 18.9 Å². The van der Waals surface area contributed by atoms with Crippen LogP contribution in [0, 0.1) is 6.92 Å². The Kier molecular flexibility index (Phi) is 7.33. The van der Waals surface area contributed by atoms with Gasteiger partial charge in [-0.3, -0.25) is 4.79 Å². The number of rotatable bonds is 6. The molecular formula is C23H29N3O4S. The molecular weight excluding hydrogens is 414 g/mol. The third kappa shape index (κ3) is 6.30. The topological polar surface area (TPSA) is 88.1 Å². The highest BCUT2D eigenvalue weighted by Gasteiger charge is 2.20. The molecule has 1 amide bonds. The van der Waals surface area contributed by atoms with Gasteiger partial charge in [-0.2, -0.15) is 8.42 Å². The number of benzene rings is 2. The van der Waals surface area contributed by atoms with Gasteiger partial charge in [-0.15, -0.1) is 4.40 Å². The average Bonchev–Trinajstić information content (AvgIpc) is 2.93. The van der Waals surface area contributed by atoms with E-state index in [2.05, 4.69) is 9.71 Å². The average molecular weight is 444 g/mol. The number of carbonyl (C=O) groups excluding carboxylic acids is 1. The molecule has 0 spiro atoms. The van der Waals surface area contributed by atoms with Crippen molar-refractivity contribution in [3.05, 3.63) is 54.1 Å². The van der Waals surface area contributed by atoms with Gasteiger partial charge in [0.2, 0.25) is 0 Å². The lowest BCUT2D eigenvalue weighted by Crippen LogP contribution is -2.30. The van der Waals surface area contributed by atoms with Crippen LogP contribution in [0.2, 0.25) is 0 Å². The van der Waals surface area contributed by atoms with Crippen LogP contribution in [0.25, 0.3) is 0 Å². The fourth-order valence-corrected chi connectivity index (χ4v) is 4.43. The van der Waals surface area contributed by atoms with E-state index in [-0.39, 0.29) is 10.8 Å². The van der Waals surface area contributed by atoms with Crippen LogP contribution in [-0.2, 0) is 14.8 Å². The highest BCUT2D eigenvalue weighted by Crippen LogP contribution is 2.21. The zero-order valence-electron chi connectivity index (χ0n) is 18.2. The normalized spacial score (nSPS) is 17.1. The summed E-state index contributed by atoms with van der Waals surface area (Å²) in [4.78, 5) is 14.5. The number of nitrogens with one attached hydrogen (secondary N) is 1. The van der Waals surface area contributed by atoms with Crippen LogP contribution in [-0.4, -0.2) is 44.8 Å². The Bertz CT molecular complexity index is 1050. The summed E-state index contributed by atoms with van der Waals surface area (Å²) < 4.78 is 35.4. The lowest BCUT2D eigenvalue weighted by Gasteiger charge is -2.18. The number of hydrogen-bond donors (Lipinski definition) is 1. The van der Waals surface area contributed by atoms with Gasteiger partial charge in [0, 0.05) is 25.7 Å². The van der Waals surface area contributed by atoms with Crippen molar-refractivity contribution >= 4 is 27.5 Å². The van der Waals surface area contributed by atoms with E-state index in [1.807, 2.05) is 31.0 Å². The number of aryl methyl sites for hydroxylation is 1. The summed E-state index contributed by atoms with van der Waals surface area (Å²) in [7, 11) is -2.01. The maximum absolute atomic E-state index is 12.8. The van der Waals surface area contributed by atoms with Gasteiger partial charge >= 0.3 is 0 Å². The minimum atomic E-state index is -3.88. The summed E-state index contributed by atoms with van der Waals surface area (Å²) in [6, 6.07) is 13.5. The Balaban J connectivity index is 1.71. The van der Waals surface area contributed by atoms with Crippen LogP contribution in [0.4, 0.5) is 5.69 Å². The Morgan fingerprint density at radius 2 is 1.87 bits per heavy atom. The zero-order valence-corrected chi connectivity index (χ0v) is 19.0. The summed E-state index contributed by atoms with van der Waals surface area (Å²) in [6.07, 6.45) is 2.91. The molecule has 7 nitrogen and oxygen atoms in total. The Labute approximate surface area is 184 Å². The Morgan fingerprint density at radius 3 is 2.61 bits per heavy atom. The standard InChI is InChI=1S/C23H29N3O4S/c1-17-11-13-20(14-12-17)30-18(2)23(27)24-19-8-7-9-21(16-19)31(28,29)25-22-10-5-4-6-15-26(22)3/h7-9,11-14,16,18H,4-6,10,15H2,1-3H3,(H,24,27). The number of amides is 1. The lowest BCUT2D eigenvalue weighted by molar-refractivity contribution is -0.122. The van der Waals surface area contributed by atoms with Crippen molar-refractivity contribution in [1.82, 2.24) is 4.90 Å². The number of amidine groups is 1. The smallest absolute Gasteiger partial charge is 0.284 e. The predicted molar refractivity (Wildman–Crippen MR) is 122 cm³/mol. The molecule has 1 N–H and O–H groups in total. The van der Waals surface area contributed by atoms with Crippen LogP contribution in [0.1, 0.15) is 38.2 Å². The third-order valence-electron chi connectivity index (χ3n) is 5.16. The number of likely N-dealkylation sites (tertiary alicyclic amines) is 1. The molecule has 1 saturated heterocycles. The van der Waals surface area contributed by atoms with Crippen LogP contribution in [0.3, 0.4) is 0 Å². The first-order valence-corrected chi connectivity index (χ1v) is 11.9. The van der Waals surface area contributed by atoms with E-state index in [1.54, 1.807) is 31.2 Å². The minimum absolute atomic E-state index is 0.0440. The van der Waals surface area contributed by atoms with Crippen molar-refractivity contribution in [1.29, 1.82) is 0 Å². The summed E-state index contributed by atoms with van der Waals surface area (Å²) in [5, 5.41) is 2.72. The number of hydrogen-bond acceptors (Lipinski definition) is 4. The number of carbonyl (C=O) groups is 1. The lowest BCUT2D eigenvalue weighted by atomic mass is 10.2. The van der Waals surface area contributed by atoms with Gasteiger partial charge in [0.05, 0.1) is 4.90 Å². The molecule has 31 heavy (non-hydrogen) atoms. The molecule has 0 bridgehead atoms. The van der Waals surface area contributed by atoms with Gasteiger partial charge in [0.25, 0.3) is 15.9 Å².